The van der Waals surface area contributed by atoms with Crippen LogP contribution in [0.1, 0.15) is 39.5 Å². The van der Waals surface area contributed by atoms with Crippen molar-refractivity contribution in [1.82, 2.24) is 0 Å². The lowest BCUT2D eigenvalue weighted by atomic mass is 9.75. The highest BCUT2D eigenvalue weighted by Gasteiger charge is 2.37. The quantitative estimate of drug-likeness (QED) is 0.420. The van der Waals surface area contributed by atoms with Crippen LogP contribution in [0.25, 0.3) is 0 Å². The van der Waals surface area contributed by atoms with Gasteiger partial charge in [0.1, 0.15) is 0 Å². The van der Waals surface area contributed by atoms with E-state index in [2.05, 4.69) is 5.16 Å². The molecule has 0 heterocycles. The van der Waals surface area contributed by atoms with Gasteiger partial charge in [0.2, 0.25) is 0 Å². The van der Waals surface area contributed by atoms with Crippen LogP contribution >= 0.6 is 0 Å². The zero-order valence-electron chi connectivity index (χ0n) is 8.75. The number of carbonyl (C=O) groups excluding carboxylic acids is 1. The van der Waals surface area contributed by atoms with E-state index in [1.807, 2.05) is 13.8 Å². The van der Waals surface area contributed by atoms with E-state index in [1.165, 1.54) is 0 Å². The third kappa shape index (κ3) is 2.25. The lowest BCUT2D eigenvalue weighted by molar-refractivity contribution is -0.155. The summed E-state index contributed by atoms with van der Waals surface area (Å²) in [6.45, 7) is 4.15. The monoisotopic (exact) mass is 199 g/mol. The predicted octanol–water partition coefficient (Wildman–Crippen LogP) is 1.96. The minimum absolute atomic E-state index is 0.128. The van der Waals surface area contributed by atoms with E-state index < -0.39 is 0 Å². The molecular formula is C10H17NO3. The number of esters is 1. The number of hydrogen-bond donors (Lipinski definition) is 1. The number of oxime groups is 1. The molecule has 0 aromatic rings. The average molecular weight is 199 g/mol. The summed E-state index contributed by atoms with van der Waals surface area (Å²) in [5, 5.41) is 11.8. The van der Waals surface area contributed by atoms with E-state index in [4.69, 9.17) is 9.94 Å². The summed E-state index contributed by atoms with van der Waals surface area (Å²) < 4.78 is 5.01. The summed E-state index contributed by atoms with van der Waals surface area (Å²) >= 11 is 0. The minimum Gasteiger partial charge on any atom is -0.466 e. The van der Waals surface area contributed by atoms with Crippen LogP contribution in [0.4, 0.5) is 0 Å². The number of rotatable bonds is 2. The Hall–Kier alpha value is -1.06. The molecule has 4 nitrogen and oxygen atoms in total. The first-order valence-corrected chi connectivity index (χ1v) is 4.99. The number of hydrogen-bond acceptors (Lipinski definition) is 4. The Balaban J connectivity index is 2.57. The highest BCUT2D eigenvalue weighted by Crippen LogP contribution is 2.35. The molecule has 1 N–H and O–H groups in total. The molecule has 0 atom stereocenters. The summed E-state index contributed by atoms with van der Waals surface area (Å²) in [5.41, 5.74) is 0.399. The van der Waals surface area contributed by atoms with Crippen molar-refractivity contribution in [2.75, 3.05) is 6.61 Å². The molecule has 1 aliphatic carbocycles. The fourth-order valence-corrected chi connectivity index (χ4v) is 1.70. The van der Waals surface area contributed by atoms with Gasteiger partial charge < -0.3 is 9.94 Å². The summed E-state index contributed by atoms with van der Waals surface area (Å²) in [6.07, 6.45) is 2.80. The van der Waals surface area contributed by atoms with Gasteiger partial charge in [-0.3, -0.25) is 4.79 Å². The van der Waals surface area contributed by atoms with E-state index in [0.717, 1.165) is 5.71 Å². The normalized spacial score (nSPS) is 27.1. The average Bonchev–Trinajstić information content (AvgIpc) is 2.19. The Morgan fingerprint density at radius 1 is 1.57 bits per heavy atom. The molecule has 0 bridgehead atoms. The number of nitrogens with zero attached hydrogens (tertiary/aromatic N) is 1. The Morgan fingerprint density at radius 2 is 2.14 bits per heavy atom. The second kappa shape index (κ2) is 4.44. The van der Waals surface area contributed by atoms with Crippen molar-refractivity contribution >= 4 is 11.7 Å². The van der Waals surface area contributed by atoms with Crippen LogP contribution in [0, 0.1) is 5.41 Å². The molecule has 1 saturated carbocycles. The first-order valence-electron chi connectivity index (χ1n) is 4.99. The van der Waals surface area contributed by atoms with Gasteiger partial charge in [0.25, 0.3) is 0 Å². The molecule has 80 valence electrons. The van der Waals surface area contributed by atoms with Gasteiger partial charge in [0.05, 0.1) is 17.7 Å². The SMILES string of the molecule is CCOC(=O)C1(C)CCC(=NO)CC1. The fourth-order valence-electron chi connectivity index (χ4n) is 1.70. The van der Waals surface area contributed by atoms with Crippen molar-refractivity contribution in [3.8, 4) is 0 Å². The van der Waals surface area contributed by atoms with Gasteiger partial charge in [-0.1, -0.05) is 5.16 Å². The molecule has 0 radical (unpaired) electrons. The van der Waals surface area contributed by atoms with Gasteiger partial charge in [-0.25, -0.2) is 0 Å². The maximum Gasteiger partial charge on any atom is 0.311 e. The molecule has 1 aliphatic rings. The molecule has 0 spiro atoms. The molecule has 0 unspecified atom stereocenters. The van der Waals surface area contributed by atoms with Crippen LogP contribution in [0.2, 0.25) is 0 Å². The van der Waals surface area contributed by atoms with Crippen molar-refractivity contribution in [3.05, 3.63) is 0 Å². The predicted molar refractivity (Wildman–Crippen MR) is 52.4 cm³/mol. The highest BCUT2D eigenvalue weighted by molar-refractivity contribution is 5.87. The molecule has 0 aromatic heterocycles. The maximum absolute atomic E-state index is 11.6. The summed E-state index contributed by atoms with van der Waals surface area (Å²) in [6, 6.07) is 0. The fraction of sp³-hybridized carbons (Fsp3) is 0.800. The third-order valence-corrected chi connectivity index (χ3v) is 2.84. The van der Waals surface area contributed by atoms with E-state index in [-0.39, 0.29) is 11.4 Å². The first-order chi connectivity index (χ1) is 6.62. The van der Waals surface area contributed by atoms with Crippen molar-refractivity contribution < 1.29 is 14.7 Å². The largest absolute Gasteiger partial charge is 0.466 e. The molecule has 0 amide bonds. The number of ether oxygens (including phenoxy) is 1. The van der Waals surface area contributed by atoms with Crippen molar-refractivity contribution in [2.24, 2.45) is 10.6 Å². The molecule has 14 heavy (non-hydrogen) atoms. The summed E-state index contributed by atoms with van der Waals surface area (Å²) in [7, 11) is 0. The van der Waals surface area contributed by atoms with E-state index in [1.54, 1.807) is 0 Å². The van der Waals surface area contributed by atoms with Crippen molar-refractivity contribution in [1.29, 1.82) is 0 Å². The lowest BCUT2D eigenvalue weighted by Gasteiger charge is -2.31. The van der Waals surface area contributed by atoms with Gasteiger partial charge >= 0.3 is 5.97 Å². The lowest BCUT2D eigenvalue weighted by Crippen LogP contribution is -2.34. The molecule has 1 fully saturated rings. The Morgan fingerprint density at radius 3 is 2.57 bits per heavy atom. The maximum atomic E-state index is 11.6. The molecule has 1 rings (SSSR count). The first kappa shape index (κ1) is 11.0. The second-order valence-corrected chi connectivity index (χ2v) is 3.95. The van der Waals surface area contributed by atoms with Crippen LogP contribution in [0.5, 0.6) is 0 Å². The Kier molecular flexibility index (Phi) is 3.49. The second-order valence-electron chi connectivity index (χ2n) is 3.95. The zero-order valence-corrected chi connectivity index (χ0v) is 8.75. The molecule has 0 aromatic carbocycles. The summed E-state index contributed by atoms with van der Waals surface area (Å²) in [5.74, 6) is -0.128. The smallest absolute Gasteiger partial charge is 0.311 e. The standard InChI is InChI=1S/C10H17NO3/c1-3-14-9(12)10(2)6-4-8(11-13)5-7-10/h13H,3-7H2,1-2H3. The van der Waals surface area contributed by atoms with Crippen molar-refractivity contribution in [3.63, 3.8) is 0 Å². The topological polar surface area (TPSA) is 58.9 Å². The Bertz CT molecular complexity index is 238. The van der Waals surface area contributed by atoms with E-state index in [0.29, 0.717) is 32.3 Å². The van der Waals surface area contributed by atoms with Crippen LogP contribution in [-0.4, -0.2) is 23.5 Å². The number of carbonyl (C=O) groups is 1. The van der Waals surface area contributed by atoms with Crippen LogP contribution in [0.15, 0.2) is 5.16 Å². The van der Waals surface area contributed by atoms with E-state index >= 15 is 0 Å². The van der Waals surface area contributed by atoms with Crippen LogP contribution < -0.4 is 0 Å². The van der Waals surface area contributed by atoms with Crippen LogP contribution in [-0.2, 0) is 9.53 Å². The van der Waals surface area contributed by atoms with E-state index in [9.17, 15) is 4.79 Å². The van der Waals surface area contributed by atoms with Gasteiger partial charge in [-0.2, -0.15) is 0 Å². The van der Waals surface area contributed by atoms with Gasteiger partial charge in [-0.15, -0.1) is 0 Å². The molecule has 0 saturated heterocycles. The minimum atomic E-state index is -0.385. The zero-order chi connectivity index (χ0) is 10.6. The van der Waals surface area contributed by atoms with Gasteiger partial charge in [-0.05, 0) is 39.5 Å². The third-order valence-electron chi connectivity index (χ3n) is 2.84. The molecular weight excluding hydrogens is 182 g/mol. The van der Waals surface area contributed by atoms with Gasteiger partial charge in [0.15, 0.2) is 0 Å². The van der Waals surface area contributed by atoms with Gasteiger partial charge in [0, 0.05) is 0 Å². The molecule has 0 aliphatic heterocycles. The Labute approximate surface area is 83.9 Å². The van der Waals surface area contributed by atoms with Crippen molar-refractivity contribution in [2.45, 2.75) is 39.5 Å². The highest BCUT2D eigenvalue weighted by atomic mass is 16.5. The summed E-state index contributed by atoms with van der Waals surface area (Å²) in [4.78, 5) is 11.6. The molecule has 4 heteroatoms. The van der Waals surface area contributed by atoms with Crippen LogP contribution in [0.3, 0.4) is 0 Å².